The number of imidazole rings is 1. The third-order valence-corrected chi connectivity index (χ3v) is 4.54. The van der Waals surface area contributed by atoms with Gasteiger partial charge < -0.3 is 15.0 Å². The van der Waals surface area contributed by atoms with Crippen LogP contribution in [-0.2, 0) is 6.54 Å². The minimum atomic E-state index is -0.528. The molecule has 2 heterocycles. The first-order valence-corrected chi connectivity index (χ1v) is 7.81. The maximum absolute atomic E-state index is 14.3. The van der Waals surface area contributed by atoms with Gasteiger partial charge in [-0.15, -0.1) is 0 Å². The molecule has 0 saturated carbocycles. The van der Waals surface area contributed by atoms with Crippen molar-refractivity contribution in [3.05, 3.63) is 40.9 Å². The quantitative estimate of drug-likeness (QED) is 0.898. The Labute approximate surface area is 141 Å². The van der Waals surface area contributed by atoms with Crippen LogP contribution in [0.2, 0.25) is 5.02 Å². The van der Waals surface area contributed by atoms with Crippen LogP contribution >= 0.6 is 11.6 Å². The molecule has 1 fully saturated rings. The number of nitrogens with zero attached hydrogens (tertiary/aromatic N) is 2. The molecule has 0 amide bonds. The summed E-state index contributed by atoms with van der Waals surface area (Å²) in [6, 6.07) is 3.32. The summed E-state index contributed by atoms with van der Waals surface area (Å²) in [4.78, 5) is 4.31. The van der Waals surface area contributed by atoms with Crippen LogP contribution in [0.5, 0.6) is 0 Å². The number of aryl methyl sites for hydroxylation is 1. The number of piperidine rings is 1. The van der Waals surface area contributed by atoms with Crippen molar-refractivity contribution in [2.75, 3.05) is 6.54 Å². The highest BCUT2D eigenvalue weighted by Crippen LogP contribution is 2.25. The Kier molecular flexibility index (Phi) is 5.79. The molecular weight excluding hydrogens is 317 g/mol. The van der Waals surface area contributed by atoms with Gasteiger partial charge in [0.25, 0.3) is 0 Å². The Morgan fingerprint density at radius 1 is 1.57 bits per heavy atom. The predicted molar refractivity (Wildman–Crippen MR) is 92.4 cm³/mol. The molecule has 1 aliphatic heterocycles. The number of benzene rings is 1. The number of aliphatic hydroxyl groups excluding tert-OH is 1. The number of hydrogen-bond acceptors (Lipinski definition) is 3. The van der Waals surface area contributed by atoms with E-state index in [-0.39, 0.29) is 25.8 Å². The van der Waals surface area contributed by atoms with Crippen LogP contribution in [0.25, 0.3) is 11.0 Å². The van der Waals surface area contributed by atoms with Crippen molar-refractivity contribution < 1.29 is 9.50 Å². The van der Waals surface area contributed by atoms with E-state index in [1.165, 1.54) is 6.08 Å². The van der Waals surface area contributed by atoms with Crippen LogP contribution in [-0.4, -0.2) is 33.3 Å². The van der Waals surface area contributed by atoms with Gasteiger partial charge in [0, 0.05) is 5.02 Å². The van der Waals surface area contributed by atoms with Gasteiger partial charge in [-0.05, 0) is 50.1 Å². The maximum atomic E-state index is 14.3. The van der Waals surface area contributed by atoms with E-state index >= 15 is 0 Å². The predicted octanol–water partition coefficient (Wildman–Crippen LogP) is 3.60. The molecule has 0 unspecified atom stereocenters. The Hall–Kier alpha value is -1.43. The summed E-state index contributed by atoms with van der Waals surface area (Å²) in [6.45, 7) is 2.80. The van der Waals surface area contributed by atoms with Crippen LogP contribution in [0, 0.1) is 6.92 Å². The fraction of sp³-hybridized carbons (Fsp3) is 0.471. The molecule has 1 aromatic carbocycles. The second-order valence-electron chi connectivity index (χ2n) is 5.72. The van der Waals surface area contributed by atoms with E-state index in [2.05, 4.69) is 10.3 Å². The number of halogens is 2. The molecule has 23 heavy (non-hydrogen) atoms. The molecule has 4 nitrogen and oxygen atoms in total. The number of aromatic nitrogens is 2. The summed E-state index contributed by atoms with van der Waals surface area (Å²) >= 11 is 6.08. The standard InChI is InChI=1S/C16H19ClFN3O.CH4/c1-10-12(17)4-5-14-16(10)20-9-21(14)8-11(18)7-13-15(22)3-2-6-19-13;/h4-5,7,9,13,15,19,22H,2-3,6,8H2,1H3;1H4/b11-7-;/t13-,15+;/m1./s1. The molecule has 1 aliphatic rings. The summed E-state index contributed by atoms with van der Waals surface area (Å²) in [5.74, 6) is -0.287. The lowest BCUT2D eigenvalue weighted by molar-refractivity contribution is 0.114. The van der Waals surface area contributed by atoms with Crippen molar-refractivity contribution in [1.29, 1.82) is 0 Å². The number of hydrogen-bond donors (Lipinski definition) is 2. The van der Waals surface area contributed by atoms with Gasteiger partial charge in [-0.2, -0.15) is 0 Å². The molecule has 0 spiro atoms. The number of fused-ring (bicyclic) bond motifs is 1. The average Bonchev–Trinajstić information content (AvgIpc) is 2.89. The van der Waals surface area contributed by atoms with Crippen molar-refractivity contribution >= 4 is 22.6 Å². The minimum absolute atomic E-state index is 0. The van der Waals surface area contributed by atoms with Crippen LogP contribution in [0.4, 0.5) is 4.39 Å². The highest BCUT2D eigenvalue weighted by molar-refractivity contribution is 6.32. The summed E-state index contributed by atoms with van der Waals surface area (Å²) < 4.78 is 16.0. The van der Waals surface area contributed by atoms with Crippen molar-refractivity contribution in [1.82, 2.24) is 14.9 Å². The molecule has 0 radical (unpaired) electrons. The zero-order chi connectivity index (χ0) is 15.7. The highest BCUT2D eigenvalue weighted by atomic mass is 35.5. The molecule has 126 valence electrons. The molecule has 6 heteroatoms. The average molecular weight is 340 g/mol. The van der Waals surface area contributed by atoms with Gasteiger partial charge in [0.1, 0.15) is 5.83 Å². The Balaban J connectivity index is 0.00000192. The van der Waals surface area contributed by atoms with E-state index in [9.17, 15) is 9.50 Å². The zero-order valence-electron chi connectivity index (χ0n) is 12.4. The van der Waals surface area contributed by atoms with E-state index in [1.807, 2.05) is 13.0 Å². The van der Waals surface area contributed by atoms with Crippen molar-refractivity contribution in [3.8, 4) is 0 Å². The van der Waals surface area contributed by atoms with Gasteiger partial charge in [-0.25, -0.2) is 9.37 Å². The van der Waals surface area contributed by atoms with Gasteiger partial charge in [0.2, 0.25) is 0 Å². The zero-order valence-corrected chi connectivity index (χ0v) is 13.1. The Morgan fingerprint density at radius 2 is 2.35 bits per heavy atom. The first kappa shape index (κ1) is 17.9. The van der Waals surface area contributed by atoms with Gasteiger partial charge in [-0.1, -0.05) is 19.0 Å². The van der Waals surface area contributed by atoms with Gasteiger partial charge >= 0.3 is 0 Å². The molecular formula is C17H23ClFN3O. The molecule has 2 aromatic rings. The van der Waals surface area contributed by atoms with Crippen LogP contribution in [0.15, 0.2) is 30.4 Å². The molecule has 3 rings (SSSR count). The lowest BCUT2D eigenvalue weighted by Gasteiger charge is -2.26. The third-order valence-electron chi connectivity index (χ3n) is 4.13. The molecule has 0 bridgehead atoms. The van der Waals surface area contributed by atoms with Crippen LogP contribution in [0.1, 0.15) is 25.8 Å². The molecule has 2 atom stereocenters. The van der Waals surface area contributed by atoms with E-state index in [1.54, 1.807) is 17.0 Å². The summed E-state index contributed by atoms with van der Waals surface area (Å²) in [5.41, 5.74) is 2.53. The van der Waals surface area contributed by atoms with E-state index in [0.29, 0.717) is 11.4 Å². The second-order valence-corrected chi connectivity index (χ2v) is 6.12. The second kappa shape index (κ2) is 7.43. The summed E-state index contributed by atoms with van der Waals surface area (Å²) in [5, 5.41) is 13.7. The van der Waals surface area contributed by atoms with Crippen molar-refractivity contribution in [3.63, 3.8) is 0 Å². The molecule has 0 aliphatic carbocycles. The lowest BCUT2D eigenvalue weighted by atomic mass is 10.0. The lowest BCUT2D eigenvalue weighted by Crippen LogP contribution is -2.43. The molecule has 1 saturated heterocycles. The summed E-state index contributed by atoms with van der Waals surface area (Å²) in [6.07, 6.45) is 4.18. The number of nitrogens with one attached hydrogen (secondary N) is 1. The Morgan fingerprint density at radius 3 is 3.09 bits per heavy atom. The first-order valence-electron chi connectivity index (χ1n) is 7.44. The fourth-order valence-corrected chi connectivity index (χ4v) is 3.00. The molecule has 2 N–H and O–H groups in total. The van der Waals surface area contributed by atoms with Crippen molar-refractivity contribution in [2.24, 2.45) is 0 Å². The normalized spacial score (nSPS) is 22.2. The SMILES string of the molecule is C.Cc1c(Cl)ccc2c1ncn2C/C(F)=C/[C@H]1NCCC[C@@H]1O. The first-order chi connectivity index (χ1) is 10.6. The van der Waals surface area contributed by atoms with Crippen LogP contribution in [0.3, 0.4) is 0 Å². The maximum Gasteiger partial charge on any atom is 0.117 e. The third kappa shape index (κ3) is 3.74. The number of rotatable bonds is 3. The fourth-order valence-electron chi connectivity index (χ4n) is 2.85. The Bertz CT molecular complexity index is 713. The van der Waals surface area contributed by atoms with Gasteiger partial charge in [0.15, 0.2) is 0 Å². The topological polar surface area (TPSA) is 50.1 Å². The largest absolute Gasteiger partial charge is 0.391 e. The number of aliphatic hydroxyl groups is 1. The van der Waals surface area contributed by atoms with E-state index in [0.717, 1.165) is 29.6 Å². The van der Waals surface area contributed by atoms with E-state index < -0.39 is 6.10 Å². The van der Waals surface area contributed by atoms with Crippen molar-refractivity contribution in [2.45, 2.75) is 45.9 Å². The van der Waals surface area contributed by atoms with Crippen LogP contribution < -0.4 is 5.32 Å². The minimum Gasteiger partial charge on any atom is -0.391 e. The van der Waals surface area contributed by atoms with Gasteiger partial charge in [0.05, 0.1) is 36.1 Å². The van der Waals surface area contributed by atoms with Gasteiger partial charge in [-0.3, -0.25) is 0 Å². The monoisotopic (exact) mass is 339 g/mol. The smallest absolute Gasteiger partial charge is 0.117 e. The highest BCUT2D eigenvalue weighted by Gasteiger charge is 2.21. The summed E-state index contributed by atoms with van der Waals surface area (Å²) in [7, 11) is 0. The number of allylic oxidation sites excluding steroid dienone is 1. The van der Waals surface area contributed by atoms with E-state index in [4.69, 9.17) is 11.6 Å². The molecule has 1 aromatic heterocycles.